The highest BCUT2D eigenvalue weighted by Gasteiger charge is 2.23. The van der Waals surface area contributed by atoms with E-state index in [9.17, 15) is 14.0 Å². The Kier molecular flexibility index (Phi) is 6.29. The number of rotatable bonds is 6. The van der Waals surface area contributed by atoms with E-state index >= 15 is 0 Å². The van der Waals surface area contributed by atoms with Gasteiger partial charge in [-0.2, -0.15) is 0 Å². The first-order chi connectivity index (χ1) is 13.5. The first-order valence-corrected chi connectivity index (χ1v) is 9.47. The molecule has 5 nitrogen and oxygen atoms in total. The van der Waals surface area contributed by atoms with Gasteiger partial charge in [-0.05, 0) is 43.7 Å². The average Bonchev–Trinajstić information content (AvgIpc) is 2.69. The van der Waals surface area contributed by atoms with Crippen molar-refractivity contribution in [2.45, 2.75) is 20.3 Å². The zero-order chi connectivity index (χ0) is 20.1. The Hall–Kier alpha value is -2.89. The molecule has 0 saturated carbocycles. The molecule has 28 heavy (non-hydrogen) atoms. The van der Waals surface area contributed by atoms with E-state index in [-0.39, 0.29) is 11.7 Å². The van der Waals surface area contributed by atoms with Crippen molar-refractivity contribution in [3.05, 3.63) is 59.4 Å². The second-order valence-corrected chi connectivity index (χ2v) is 6.95. The quantitative estimate of drug-likeness (QED) is 0.716. The molecule has 0 unspecified atom stereocenters. The molecular formula is C22H25FN2O3. The minimum absolute atomic E-state index is 0.0423. The second-order valence-electron chi connectivity index (χ2n) is 6.95. The molecule has 0 aromatic heterocycles. The van der Waals surface area contributed by atoms with Crippen molar-refractivity contribution in [3.8, 4) is 5.75 Å². The van der Waals surface area contributed by atoms with Gasteiger partial charge in [0.2, 0.25) is 5.91 Å². The minimum Gasteiger partial charge on any atom is -0.493 e. The van der Waals surface area contributed by atoms with Crippen LogP contribution in [0.5, 0.6) is 5.75 Å². The lowest BCUT2D eigenvalue weighted by atomic mass is 10.1. The van der Waals surface area contributed by atoms with Crippen LogP contribution in [0.1, 0.15) is 29.3 Å². The summed E-state index contributed by atoms with van der Waals surface area (Å²) in [5.41, 5.74) is 1.88. The third-order valence-corrected chi connectivity index (χ3v) is 4.99. The van der Waals surface area contributed by atoms with Crippen molar-refractivity contribution in [1.29, 1.82) is 0 Å². The number of ether oxygens (including phenoxy) is 1. The molecule has 1 fully saturated rings. The molecule has 2 aromatic carbocycles. The third-order valence-electron chi connectivity index (χ3n) is 4.99. The van der Waals surface area contributed by atoms with E-state index < -0.39 is 5.82 Å². The Labute approximate surface area is 164 Å². The van der Waals surface area contributed by atoms with Gasteiger partial charge in [-0.15, -0.1) is 0 Å². The second kappa shape index (κ2) is 8.87. The number of carbonyl (C=O) groups excluding carboxylic acids is 2. The highest BCUT2D eigenvalue weighted by molar-refractivity contribution is 5.94. The predicted molar refractivity (Wildman–Crippen MR) is 106 cm³/mol. The molecule has 0 atom stereocenters. The summed E-state index contributed by atoms with van der Waals surface area (Å²) in [7, 11) is 0. The summed E-state index contributed by atoms with van der Waals surface area (Å²) in [6.07, 6.45) is 0.315. The van der Waals surface area contributed by atoms with Crippen LogP contribution < -0.4 is 9.64 Å². The number of benzene rings is 2. The van der Waals surface area contributed by atoms with E-state index in [1.165, 1.54) is 13.0 Å². The fourth-order valence-electron chi connectivity index (χ4n) is 3.30. The van der Waals surface area contributed by atoms with Crippen LogP contribution in [0, 0.1) is 12.7 Å². The van der Waals surface area contributed by atoms with Gasteiger partial charge in [0, 0.05) is 31.7 Å². The van der Waals surface area contributed by atoms with Crippen molar-refractivity contribution < 1.29 is 18.7 Å². The van der Waals surface area contributed by atoms with Gasteiger partial charge in [0.1, 0.15) is 11.6 Å². The maximum Gasteiger partial charge on any atom is 0.226 e. The molecule has 0 N–H and O–H groups in total. The summed E-state index contributed by atoms with van der Waals surface area (Å²) in [6.45, 7) is 5.92. The molecule has 1 saturated heterocycles. The average molecular weight is 384 g/mol. The SMILES string of the molecule is CC(=O)c1ccc(N2CCN(C(=O)CCOc3ccccc3C)CC2)c(F)c1. The number of halogens is 1. The number of piperazine rings is 1. The van der Waals surface area contributed by atoms with Gasteiger partial charge in [0.15, 0.2) is 5.78 Å². The lowest BCUT2D eigenvalue weighted by molar-refractivity contribution is -0.132. The van der Waals surface area contributed by atoms with E-state index in [4.69, 9.17) is 4.74 Å². The molecule has 0 radical (unpaired) electrons. The lowest BCUT2D eigenvalue weighted by Gasteiger charge is -2.36. The van der Waals surface area contributed by atoms with E-state index in [2.05, 4.69) is 0 Å². The van der Waals surface area contributed by atoms with Gasteiger partial charge in [-0.3, -0.25) is 9.59 Å². The van der Waals surface area contributed by atoms with Crippen LogP contribution in [0.4, 0.5) is 10.1 Å². The summed E-state index contributed by atoms with van der Waals surface area (Å²) in [4.78, 5) is 27.5. The van der Waals surface area contributed by atoms with Crippen LogP contribution >= 0.6 is 0 Å². The molecule has 3 rings (SSSR count). The summed E-state index contributed by atoms with van der Waals surface area (Å²) >= 11 is 0. The molecule has 1 amide bonds. The van der Waals surface area contributed by atoms with Crippen molar-refractivity contribution in [2.75, 3.05) is 37.7 Å². The molecule has 0 bridgehead atoms. The molecule has 6 heteroatoms. The normalized spacial score (nSPS) is 14.1. The number of anilines is 1. The Morgan fingerprint density at radius 3 is 2.43 bits per heavy atom. The summed E-state index contributed by atoms with van der Waals surface area (Å²) in [6, 6.07) is 12.3. The van der Waals surface area contributed by atoms with Gasteiger partial charge >= 0.3 is 0 Å². The van der Waals surface area contributed by atoms with Crippen molar-refractivity contribution >= 4 is 17.4 Å². The molecule has 1 aliphatic heterocycles. The number of nitrogens with zero attached hydrogens (tertiary/aromatic N) is 2. The molecular weight excluding hydrogens is 359 g/mol. The fraction of sp³-hybridized carbons (Fsp3) is 0.364. The number of carbonyl (C=O) groups is 2. The van der Waals surface area contributed by atoms with Crippen molar-refractivity contribution in [1.82, 2.24) is 4.90 Å². The van der Waals surface area contributed by atoms with E-state index in [1.54, 1.807) is 17.0 Å². The van der Waals surface area contributed by atoms with Crippen LogP contribution in [0.15, 0.2) is 42.5 Å². The monoisotopic (exact) mass is 384 g/mol. The molecule has 0 spiro atoms. The van der Waals surface area contributed by atoms with E-state index in [0.717, 1.165) is 11.3 Å². The van der Waals surface area contributed by atoms with Gasteiger partial charge < -0.3 is 14.5 Å². The fourth-order valence-corrected chi connectivity index (χ4v) is 3.30. The maximum atomic E-state index is 14.3. The van der Waals surface area contributed by atoms with Gasteiger partial charge in [-0.1, -0.05) is 18.2 Å². The standard InChI is InChI=1S/C22H25FN2O3/c1-16-5-3-4-6-21(16)28-14-9-22(27)25-12-10-24(11-13-25)20-8-7-18(17(2)26)15-19(20)23/h3-8,15H,9-14H2,1-2H3. The number of para-hydroxylation sites is 1. The highest BCUT2D eigenvalue weighted by atomic mass is 19.1. The smallest absolute Gasteiger partial charge is 0.226 e. The first-order valence-electron chi connectivity index (χ1n) is 9.47. The Balaban J connectivity index is 1.49. The van der Waals surface area contributed by atoms with Crippen LogP contribution in [0.3, 0.4) is 0 Å². The topological polar surface area (TPSA) is 49.9 Å². The van der Waals surface area contributed by atoms with Gasteiger partial charge in [0.05, 0.1) is 18.7 Å². The summed E-state index contributed by atoms with van der Waals surface area (Å²) in [5, 5.41) is 0. The number of amides is 1. The molecule has 1 heterocycles. The van der Waals surface area contributed by atoms with E-state index in [1.807, 2.05) is 36.1 Å². The van der Waals surface area contributed by atoms with Crippen molar-refractivity contribution in [2.24, 2.45) is 0 Å². The number of ketones is 1. The minimum atomic E-state index is -0.404. The van der Waals surface area contributed by atoms with E-state index in [0.29, 0.717) is 50.5 Å². The zero-order valence-electron chi connectivity index (χ0n) is 16.3. The van der Waals surface area contributed by atoms with Crippen LogP contribution in [-0.2, 0) is 4.79 Å². The number of Topliss-reactive ketones (excluding diaryl/α,β-unsaturated/α-hetero) is 1. The Morgan fingerprint density at radius 1 is 1.07 bits per heavy atom. The Morgan fingerprint density at radius 2 is 1.79 bits per heavy atom. The first kappa shape index (κ1) is 19.9. The summed E-state index contributed by atoms with van der Waals surface area (Å²) < 4.78 is 20.0. The predicted octanol–water partition coefficient (Wildman–Crippen LogP) is 3.45. The van der Waals surface area contributed by atoms with Crippen LogP contribution in [-0.4, -0.2) is 49.4 Å². The summed E-state index contributed by atoms with van der Waals surface area (Å²) in [5.74, 6) is 0.276. The largest absolute Gasteiger partial charge is 0.493 e. The van der Waals surface area contributed by atoms with Crippen LogP contribution in [0.2, 0.25) is 0 Å². The lowest BCUT2D eigenvalue weighted by Crippen LogP contribution is -2.49. The molecule has 0 aliphatic carbocycles. The highest BCUT2D eigenvalue weighted by Crippen LogP contribution is 2.22. The molecule has 2 aromatic rings. The van der Waals surface area contributed by atoms with Gasteiger partial charge in [-0.25, -0.2) is 4.39 Å². The third kappa shape index (κ3) is 4.68. The molecule has 148 valence electrons. The maximum absolute atomic E-state index is 14.3. The molecule has 1 aliphatic rings. The zero-order valence-corrected chi connectivity index (χ0v) is 16.3. The van der Waals surface area contributed by atoms with Crippen molar-refractivity contribution in [3.63, 3.8) is 0 Å². The number of hydrogen-bond acceptors (Lipinski definition) is 4. The Bertz CT molecular complexity index is 861. The number of aryl methyl sites for hydroxylation is 1. The van der Waals surface area contributed by atoms with Gasteiger partial charge in [0.25, 0.3) is 0 Å². The van der Waals surface area contributed by atoms with Crippen LogP contribution in [0.25, 0.3) is 0 Å². The number of hydrogen-bond donors (Lipinski definition) is 0.